The molecule has 0 aromatic rings. The van der Waals surface area contributed by atoms with Crippen molar-refractivity contribution in [1.82, 2.24) is 0 Å². The van der Waals surface area contributed by atoms with Crippen LogP contribution in [0.25, 0.3) is 0 Å². The standard InChI is InChI=1S/C6H16OSi.C5H5.5CH3.Ti/c1-4-8(7,5-2)6-3;1-2-4-5-3-1;;;;;;/h7H,4-6H2,1-3H3;1-3H,4H2;5*1H3;/q;6*-1;. The van der Waals surface area contributed by atoms with Gasteiger partial charge in [-0.05, 0) is 18.1 Å². The molecule has 1 nitrogen and oxygen atoms in total. The Morgan fingerprint density at radius 2 is 1.32 bits per heavy atom. The first kappa shape index (κ1) is 42.7. The minimum Gasteiger partial charge on any atom is -0.432 e. The summed E-state index contributed by atoms with van der Waals surface area (Å²) in [5, 5.41) is 0. The summed E-state index contributed by atoms with van der Waals surface area (Å²) in [6.07, 6.45) is 10.0. The van der Waals surface area contributed by atoms with Gasteiger partial charge in [-0.2, -0.15) is 6.08 Å². The van der Waals surface area contributed by atoms with E-state index >= 15 is 0 Å². The summed E-state index contributed by atoms with van der Waals surface area (Å²) >= 11 is 0. The molecular formula is C16H36OSiTi-6. The first-order valence-electron chi connectivity index (χ1n) is 5.12. The SMILES string of the molecule is CC[Si](O)(CC)CC.[C-]1=CC=CC1.[CH3-].[CH3-].[CH3-].[CH3-].[CH3-].[Ti]. The molecule has 0 saturated heterocycles. The summed E-state index contributed by atoms with van der Waals surface area (Å²) in [5.41, 5.74) is 0. The van der Waals surface area contributed by atoms with Gasteiger partial charge in [-0.3, -0.25) is 6.08 Å². The molecule has 1 rings (SSSR count). The van der Waals surface area contributed by atoms with Crippen molar-refractivity contribution in [2.24, 2.45) is 0 Å². The Hall–Kier alpha value is 0.371. The maximum atomic E-state index is 9.58. The fraction of sp³-hybridized carbons (Fsp3) is 0.438. The van der Waals surface area contributed by atoms with Gasteiger partial charge in [-0.1, -0.05) is 20.8 Å². The third kappa shape index (κ3) is 23.8. The Morgan fingerprint density at radius 3 is 1.37 bits per heavy atom. The summed E-state index contributed by atoms with van der Waals surface area (Å²) in [6.45, 7) is 6.25. The zero-order valence-electron chi connectivity index (χ0n) is 14.5. The van der Waals surface area contributed by atoms with Crippen molar-refractivity contribution in [1.29, 1.82) is 0 Å². The molecule has 0 aliphatic heterocycles. The van der Waals surface area contributed by atoms with Crippen LogP contribution in [0.2, 0.25) is 18.1 Å². The number of rotatable bonds is 3. The molecule has 1 N–H and O–H groups in total. The second kappa shape index (κ2) is 26.8. The second-order valence-corrected chi connectivity index (χ2v) is 7.86. The molecule has 1 aliphatic carbocycles. The van der Waals surface area contributed by atoms with E-state index < -0.39 is 8.32 Å². The minimum absolute atomic E-state index is 0. The van der Waals surface area contributed by atoms with Gasteiger partial charge in [0.25, 0.3) is 0 Å². The molecule has 0 unspecified atom stereocenters. The minimum atomic E-state index is -1.67. The third-order valence-corrected chi connectivity index (χ3v) is 6.51. The topological polar surface area (TPSA) is 20.2 Å². The Bertz CT molecular complexity index is 157. The molecule has 0 saturated carbocycles. The van der Waals surface area contributed by atoms with Crippen molar-refractivity contribution >= 4 is 8.32 Å². The van der Waals surface area contributed by atoms with Crippen molar-refractivity contribution in [3.05, 3.63) is 61.4 Å². The van der Waals surface area contributed by atoms with E-state index in [0.717, 1.165) is 24.6 Å². The maximum absolute atomic E-state index is 9.58. The zero-order chi connectivity index (χ0) is 10.2. The Kier molecular flexibility index (Phi) is 60.3. The van der Waals surface area contributed by atoms with E-state index in [1.807, 2.05) is 12.2 Å². The zero-order valence-corrected chi connectivity index (χ0v) is 17.1. The van der Waals surface area contributed by atoms with Gasteiger partial charge >= 0.3 is 0 Å². The quantitative estimate of drug-likeness (QED) is 0.535. The molecule has 1 aliphatic rings. The summed E-state index contributed by atoms with van der Waals surface area (Å²) in [6, 6.07) is 3.04. The average molecular weight is 320 g/mol. The van der Waals surface area contributed by atoms with Crippen molar-refractivity contribution in [3.63, 3.8) is 0 Å². The Morgan fingerprint density at radius 1 is 0.947 bits per heavy atom. The van der Waals surface area contributed by atoms with Crippen LogP contribution in [-0.4, -0.2) is 13.1 Å². The largest absolute Gasteiger partial charge is 0.432 e. The smallest absolute Gasteiger partial charge is 0.187 e. The molecule has 0 spiro atoms. The molecule has 0 radical (unpaired) electrons. The Labute approximate surface area is 141 Å². The van der Waals surface area contributed by atoms with Crippen LogP contribution in [0.5, 0.6) is 0 Å². The van der Waals surface area contributed by atoms with Crippen LogP contribution in [0.4, 0.5) is 0 Å². The fourth-order valence-corrected chi connectivity index (χ4v) is 2.59. The van der Waals surface area contributed by atoms with Gasteiger partial charge in [0.1, 0.15) is 0 Å². The molecular weight excluding hydrogens is 284 g/mol. The molecule has 0 bridgehead atoms. The first-order chi connectivity index (χ1) is 6.18. The summed E-state index contributed by atoms with van der Waals surface area (Å²) in [7, 11) is -1.67. The molecule has 0 fully saturated rings. The molecule has 0 heterocycles. The summed E-state index contributed by atoms with van der Waals surface area (Å²) < 4.78 is 0. The van der Waals surface area contributed by atoms with Gasteiger partial charge in [-0.25, -0.2) is 12.2 Å². The van der Waals surface area contributed by atoms with Gasteiger partial charge in [0.05, 0.1) is 0 Å². The van der Waals surface area contributed by atoms with E-state index in [1.165, 1.54) is 0 Å². The van der Waals surface area contributed by atoms with Crippen LogP contribution in [0.15, 0.2) is 18.2 Å². The molecule has 3 heteroatoms. The van der Waals surface area contributed by atoms with Crippen LogP contribution in [0, 0.1) is 43.2 Å². The third-order valence-electron chi connectivity index (χ3n) is 2.56. The van der Waals surface area contributed by atoms with Crippen molar-refractivity contribution in [2.75, 3.05) is 0 Å². The van der Waals surface area contributed by atoms with Gasteiger partial charge in [0, 0.05) is 21.7 Å². The normalized spacial score (nSPS) is 9.68. The fourth-order valence-electron chi connectivity index (χ4n) is 1.09. The van der Waals surface area contributed by atoms with Crippen LogP contribution >= 0.6 is 0 Å². The van der Waals surface area contributed by atoms with Crippen molar-refractivity contribution in [2.45, 2.75) is 45.3 Å². The van der Waals surface area contributed by atoms with Gasteiger partial charge in [0.2, 0.25) is 0 Å². The van der Waals surface area contributed by atoms with Gasteiger partial charge in [0.15, 0.2) is 8.32 Å². The van der Waals surface area contributed by atoms with Gasteiger partial charge < -0.3 is 41.9 Å². The average Bonchev–Trinajstić information content (AvgIpc) is 2.75. The predicted molar refractivity (Wildman–Crippen MR) is 93.1 cm³/mol. The van der Waals surface area contributed by atoms with Gasteiger partial charge in [-0.15, -0.1) is 6.42 Å². The molecule has 120 valence electrons. The van der Waals surface area contributed by atoms with Crippen LogP contribution in [-0.2, 0) is 21.7 Å². The van der Waals surface area contributed by atoms with Crippen molar-refractivity contribution < 1.29 is 26.5 Å². The molecule has 0 amide bonds. The number of hydrogen-bond donors (Lipinski definition) is 1. The van der Waals surface area contributed by atoms with Crippen LogP contribution < -0.4 is 0 Å². The molecule has 0 atom stereocenters. The summed E-state index contributed by atoms with van der Waals surface area (Å²) in [5.74, 6) is 0. The van der Waals surface area contributed by atoms with E-state index in [9.17, 15) is 4.80 Å². The second-order valence-electron chi connectivity index (χ2n) is 3.29. The maximum Gasteiger partial charge on any atom is 0.187 e. The first-order valence-corrected chi connectivity index (χ1v) is 7.69. The van der Waals surface area contributed by atoms with Crippen LogP contribution in [0.3, 0.4) is 0 Å². The van der Waals surface area contributed by atoms with E-state index in [1.54, 1.807) is 0 Å². The van der Waals surface area contributed by atoms with Crippen LogP contribution in [0.1, 0.15) is 27.2 Å². The Balaban J connectivity index is -0.0000000238. The van der Waals surface area contributed by atoms with E-state index in [2.05, 4.69) is 32.9 Å². The van der Waals surface area contributed by atoms with E-state index in [0.29, 0.717) is 0 Å². The molecule has 0 aromatic heterocycles. The number of hydrogen-bond acceptors (Lipinski definition) is 1. The van der Waals surface area contributed by atoms with Crippen molar-refractivity contribution in [3.8, 4) is 0 Å². The predicted octanol–water partition coefficient (Wildman–Crippen LogP) is 5.54. The molecule has 19 heavy (non-hydrogen) atoms. The number of allylic oxidation sites excluding steroid dienone is 4. The monoisotopic (exact) mass is 320 g/mol. The van der Waals surface area contributed by atoms with E-state index in [-0.39, 0.29) is 58.9 Å². The molecule has 0 aromatic carbocycles. The van der Waals surface area contributed by atoms with E-state index in [4.69, 9.17) is 0 Å². The summed E-state index contributed by atoms with van der Waals surface area (Å²) in [4.78, 5) is 9.58.